The number of rotatable bonds is 6. The molecule has 144 valence electrons. The lowest BCUT2D eigenvalue weighted by atomic mass is 9.92. The Labute approximate surface area is 165 Å². The summed E-state index contributed by atoms with van der Waals surface area (Å²) in [5, 5.41) is 6.18. The zero-order chi connectivity index (χ0) is 20.2. The van der Waals surface area contributed by atoms with E-state index in [0.717, 1.165) is 16.7 Å². The third kappa shape index (κ3) is 4.95. The Bertz CT molecular complexity index is 863. The molecule has 6 heteroatoms. The quantitative estimate of drug-likeness (QED) is 0.692. The van der Waals surface area contributed by atoms with Crippen LogP contribution in [0, 0.1) is 0 Å². The molecule has 0 bridgehead atoms. The Morgan fingerprint density at radius 3 is 2.37 bits per heavy atom. The maximum Gasteiger partial charge on any atom is 0.320 e. The molecule has 27 heavy (non-hydrogen) atoms. The van der Waals surface area contributed by atoms with Crippen molar-refractivity contribution in [3.8, 4) is 11.5 Å². The normalized spacial score (nSPS) is 10.9. The third-order valence-electron chi connectivity index (χ3n) is 4.23. The highest BCUT2D eigenvalue weighted by atomic mass is 35.5. The summed E-state index contributed by atoms with van der Waals surface area (Å²) in [6, 6.07) is 10.8. The van der Waals surface area contributed by atoms with Crippen LogP contribution in [-0.2, 0) is 5.54 Å². The second kappa shape index (κ2) is 8.35. The van der Waals surface area contributed by atoms with E-state index >= 15 is 0 Å². The zero-order valence-electron chi connectivity index (χ0n) is 16.3. The molecule has 0 aliphatic heterocycles. The molecule has 2 amide bonds. The molecule has 0 atom stereocenters. The number of carbonyl (C=O) groups is 1. The minimum atomic E-state index is -0.598. The van der Waals surface area contributed by atoms with Gasteiger partial charge in [-0.05, 0) is 38.0 Å². The number of halogens is 1. The van der Waals surface area contributed by atoms with E-state index in [1.54, 1.807) is 12.1 Å². The summed E-state index contributed by atoms with van der Waals surface area (Å²) < 4.78 is 10.5. The van der Waals surface area contributed by atoms with Crippen molar-refractivity contribution in [3.63, 3.8) is 0 Å². The standard InChI is InChI=1S/C21H25ClN2O3/c1-13(2)14-8-7-9-15(10-14)21(3,4)24-20(25)23-17-12-18(26-5)16(22)11-19(17)27-6/h7-12H,1H2,2-6H3,(H2,23,24,25). The number of hydrogen-bond donors (Lipinski definition) is 2. The molecule has 2 aromatic carbocycles. The number of ether oxygens (including phenoxy) is 2. The van der Waals surface area contributed by atoms with Gasteiger partial charge in [0, 0.05) is 12.1 Å². The average molecular weight is 389 g/mol. The van der Waals surface area contributed by atoms with Gasteiger partial charge < -0.3 is 20.1 Å². The fourth-order valence-electron chi connectivity index (χ4n) is 2.64. The van der Waals surface area contributed by atoms with E-state index in [-0.39, 0.29) is 6.03 Å². The molecule has 2 rings (SSSR count). The van der Waals surface area contributed by atoms with Gasteiger partial charge >= 0.3 is 6.03 Å². The number of nitrogens with one attached hydrogen (secondary N) is 2. The van der Waals surface area contributed by atoms with Gasteiger partial charge in [-0.3, -0.25) is 0 Å². The van der Waals surface area contributed by atoms with Gasteiger partial charge in [-0.1, -0.05) is 42.0 Å². The Morgan fingerprint density at radius 1 is 1.11 bits per heavy atom. The fraction of sp³-hybridized carbons (Fsp3) is 0.286. The minimum Gasteiger partial charge on any atom is -0.495 e. The number of amides is 2. The van der Waals surface area contributed by atoms with Crippen LogP contribution in [0.1, 0.15) is 31.9 Å². The van der Waals surface area contributed by atoms with Crippen molar-refractivity contribution in [2.24, 2.45) is 0 Å². The van der Waals surface area contributed by atoms with Crippen LogP contribution in [0.2, 0.25) is 5.02 Å². The first-order valence-electron chi connectivity index (χ1n) is 8.45. The van der Waals surface area contributed by atoms with Crippen LogP contribution in [-0.4, -0.2) is 20.3 Å². The van der Waals surface area contributed by atoms with Crippen LogP contribution in [0.5, 0.6) is 11.5 Å². The summed E-state index contributed by atoms with van der Waals surface area (Å²) >= 11 is 6.10. The van der Waals surface area contributed by atoms with Gasteiger partial charge in [0.05, 0.1) is 30.5 Å². The van der Waals surface area contributed by atoms with Crippen LogP contribution in [0.15, 0.2) is 43.0 Å². The van der Waals surface area contributed by atoms with E-state index in [1.165, 1.54) is 14.2 Å². The predicted molar refractivity (Wildman–Crippen MR) is 111 cm³/mol. The Kier molecular flexibility index (Phi) is 6.39. The van der Waals surface area contributed by atoms with Crippen LogP contribution in [0.3, 0.4) is 0 Å². The molecule has 0 spiro atoms. The second-order valence-corrected chi connectivity index (χ2v) is 7.16. The largest absolute Gasteiger partial charge is 0.495 e. The fourth-order valence-corrected chi connectivity index (χ4v) is 2.87. The van der Waals surface area contributed by atoms with Gasteiger partial charge in [0.15, 0.2) is 0 Å². The highest BCUT2D eigenvalue weighted by molar-refractivity contribution is 6.32. The summed E-state index contributed by atoms with van der Waals surface area (Å²) in [7, 11) is 3.02. The molecular weight excluding hydrogens is 364 g/mol. The number of carbonyl (C=O) groups excluding carboxylic acids is 1. The molecule has 5 nitrogen and oxygen atoms in total. The van der Waals surface area contributed by atoms with Gasteiger partial charge in [0.2, 0.25) is 0 Å². The number of benzene rings is 2. The Balaban J connectivity index is 2.22. The van der Waals surface area contributed by atoms with E-state index in [4.69, 9.17) is 21.1 Å². The lowest BCUT2D eigenvalue weighted by Crippen LogP contribution is -2.43. The van der Waals surface area contributed by atoms with E-state index in [1.807, 2.05) is 45.0 Å². The van der Waals surface area contributed by atoms with E-state index in [0.29, 0.717) is 22.2 Å². The SMILES string of the molecule is C=C(C)c1cccc(C(C)(C)NC(=O)Nc2cc(OC)c(Cl)cc2OC)c1. The van der Waals surface area contributed by atoms with Crippen molar-refractivity contribution in [1.29, 1.82) is 0 Å². The lowest BCUT2D eigenvalue weighted by Gasteiger charge is -2.28. The van der Waals surface area contributed by atoms with E-state index < -0.39 is 5.54 Å². The molecule has 0 aromatic heterocycles. The van der Waals surface area contributed by atoms with Crippen molar-refractivity contribution in [2.45, 2.75) is 26.3 Å². The van der Waals surface area contributed by atoms with Crippen molar-refractivity contribution < 1.29 is 14.3 Å². The van der Waals surface area contributed by atoms with E-state index in [9.17, 15) is 4.79 Å². The lowest BCUT2D eigenvalue weighted by molar-refractivity contribution is 0.241. The second-order valence-electron chi connectivity index (χ2n) is 6.75. The van der Waals surface area contributed by atoms with Gasteiger partial charge in [-0.15, -0.1) is 0 Å². The smallest absolute Gasteiger partial charge is 0.320 e. The molecule has 0 aliphatic rings. The van der Waals surface area contributed by atoms with Gasteiger partial charge in [-0.25, -0.2) is 4.79 Å². The topological polar surface area (TPSA) is 59.6 Å². The molecule has 2 N–H and O–H groups in total. The Hall–Kier alpha value is -2.66. The summed E-state index contributed by atoms with van der Waals surface area (Å²) in [5.74, 6) is 0.888. The van der Waals surface area contributed by atoms with Crippen LogP contribution < -0.4 is 20.1 Å². The monoisotopic (exact) mass is 388 g/mol. The van der Waals surface area contributed by atoms with E-state index in [2.05, 4.69) is 17.2 Å². The maximum atomic E-state index is 12.6. The van der Waals surface area contributed by atoms with Crippen LogP contribution in [0.25, 0.3) is 5.57 Å². The number of anilines is 1. The van der Waals surface area contributed by atoms with Gasteiger partial charge in [0.1, 0.15) is 11.5 Å². The first-order valence-corrected chi connectivity index (χ1v) is 8.83. The first kappa shape index (κ1) is 20.6. The maximum absolute atomic E-state index is 12.6. The summed E-state index contributed by atoms with van der Waals surface area (Å²) in [6.45, 7) is 9.79. The molecule has 2 aromatic rings. The molecule has 0 saturated heterocycles. The van der Waals surface area contributed by atoms with Crippen molar-refractivity contribution in [1.82, 2.24) is 5.32 Å². The third-order valence-corrected chi connectivity index (χ3v) is 4.52. The highest BCUT2D eigenvalue weighted by Crippen LogP contribution is 2.36. The first-order chi connectivity index (χ1) is 12.7. The highest BCUT2D eigenvalue weighted by Gasteiger charge is 2.24. The van der Waals surface area contributed by atoms with Crippen molar-refractivity contribution in [2.75, 3.05) is 19.5 Å². The minimum absolute atomic E-state index is 0.372. The molecule has 0 fully saturated rings. The summed E-state index contributed by atoms with van der Waals surface area (Å²) in [6.07, 6.45) is 0. The van der Waals surface area contributed by atoms with Gasteiger partial charge in [0.25, 0.3) is 0 Å². The summed E-state index contributed by atoms with van der Waals surface area (Å²) in [5.41, 5.74) is 2.84. The predicted octanol–water partition coefficient (Wildman–Crippen LogP) is 5.45. The number of urea groups is 1. The Morgan fingerprint density at radius 2 is 1.78 bits per heavy atom. The summed E-state index contributed by atoms with van der Waals surface area (Å²) in [4.78, 5) is 12.6. The zero-order valence-corrected chi connectivity index (χ0v) is 17.0. The number of hydrogen-bond acceptors (Lipinski definition) is 3. The molecular formula is C21H25ClN2O3. The molecule has 0 aliphatic carbocycles. The number of allylic oxidation sites excluding steroid dienone is 1. The molecule has 0 saturated carbocycles. The average Bonchev–Trinajstić information content (AvgIpc) is 2.62. The number of methoxy groups -OCH3 is 2. The van der Waals surface area contributed by atoms with Crippen molar-refractivity contribution >= 4 is 28.9 Å². The van der Waals surface area contributed by atoms with Crippen molar-refractivity contribution in [3.05, 3.63) is 59.1 Å². The van der Waals surface area contributed by atoms with Crippen LogP contribution in [0.4, 0.5) is 10.5 Å². The molecule has 0 unspecified atom stereocenters. The van der Waals surface area contributed by atoms with Gasteiger partial charge in [-0.2, -0.15) is 0 Å². The molecule has 0 heterocycles. The molecule has 0 radical (unpaired) electrons. The van der Waals surface area contributed by atoms with Crippen LogP contribution >= 0.6 is 11.6 Å².